The fourth-order valence-corrected chi connectivity index (χ4v) is 2.86. The van der Waals surface area contributed by atoms with E-state index in [0.717, 1.165) is 17.2 Å². The van der Waals surface area contributed by atoms with Crippen LogP contribution in [0.2, 0.25) is 0 Å². The van der Waals surface area contributed by atoms with Gasteiger partial charge in [-0.25, -0.2) is 0 Å². The second kappa shape index (κ2) is 5.87. The van der Waals surface area contributed by atoms with Crippen LogP contribution in [0.3, 0.4) is 0 Å². The monoisotopic (exact) mass is 416 g/mol. The van der Waals surface area contributed by atoms with E-state index in [0.29, 0.717) is 6.07 Å². The minimum Gasteiger partial charge on any atom is -0.401 e. The molecule has 0 N–H and O–H groups in total. The van der Waals surface area contributed by atoms with Crippen molar-refractivity contribution < 1.29 is 48.5 Å². The largest absolute Gasteiger partial charge is 0.573 e. The number of carbonyl (C=O) groups is 1. The number of benzene rings is 1. The van der Waals surface area contributed by atoms with Gasteiger partial charge in [0.15, 0.2) is 11.5 Å². The Morgan fingerprint density at radius 3 is 2.37 bits per heavy atom. The third-order valence-corrected chi connectivity index (χ3v) is 4.38. The molecular weight excluding hydrogens is 410 g/mol. The predicted octanol–water partition coefficient (Wildman–Crippen LogP) is 2.65. The summed E-state index contributed by atoms with van der Waals surface area (Å²) < 4.78 is 105. The molecule has 0 aromatic heterocycles. The summed E-state index contributed by atoms with van der Waals surface area (Å²) in [7, 11) is -6.30. The van der Waals surface area contributed by atoms with Crippen LogP contribution >= 0.6 is 0 Å². The molecule has 1 aromatic carbocycles. The molecule has 1 amide bonds. The lowest BCUT2D eigenvalue weighted by Crippen LogP contribution is -2.29. The van der Waals surface area contributed by atoms with Gasteiger partial charge < -0.3 is 13.8 Å². The SMILES string of the molecule is O=C1c2c(ccc(OS(=O)(=O)C(F)(F)F)c2OC(F)(F)F)C2=CN=CCN12. The van der Waals surface area contributed by atoms with Crippen molar-refractivity contribution in [2.24, 2.45) is 4.99 Å². The summed E-state index contributed by atoms with van der Waals surface area (Å²) in [5, 5.41) is 0. The number of amides is 1. The van der Waals surface area contributed by atoms with Gasteiger partial charge in [0.1, 0.15) is 0 Å². The Bertz CT molecular complexity index is 980. The standard InChI is InChI=1S/C13H6F6N2O5S/c14-12(15,16)25-10-8(26-27(23,24)13(17,18)19)2-1-6-7-5-20-3-4-21(7)11(22)9(6)10/h1-3,5H,4H2. The average Bonchev–Trinajstić information content (AvgIpc) is 2.81. The first-order valence-electron chi connectivity index (χ1n) is 6.79. The van der Waals surface area contributed by atoms with Crippen molar-refractivity contribution in [3.63, 3.8) is 0 Å². The molecule has 2 aliphatic heterocycles. The Morgan fingerprint density at radius 2 is 1.78 bits per heavy atom. The molecule has 2 heterocycles. The molecule has 14 heteroatoms. The maximum atomic E-state index is 12.7. The third kappa shape index (κ3) is 3.31. The van der Waals surface area contributed by atoms with Crippen molar-refractivity contribution in [1.82, 2.24) is 4.90 Å². The lowest BCUT2D eigenvalue weighted by Gasteiger charge is -2.17. The number of ether oxygens (including phenoxy) is 1. The van der Waals surface area contributed by atoms with Gasteiger partial charge in [0.25, 0.3) is 5.91 Å². The van der Waals surface area contributed by atoms with E-state index < -0.39 is 45.0 Å². The van der Waals surface area contributed by atoms with Gasteiger partial charge in [-0.05, 0) is 12.1 Å². The fourth-order valence-electron chi connectivity index (χ4n) is 2.40. The van der Waals surface area contributed by atoms with Crippen LogP contribution in [0.15, 0.2) is 23.3 Å². The van der Waals surface area contributed by atoms with E-state index in [1.165, 1.54) is 6.21 Å². The van der Waals surface area contributed by atoms with Gasteiger partial charge >= 0.3 is 22.0 Å². The molecule has 27 heavy (non-hydrogen) atoms. The second-order valence-electron chi connectivity index (χ2n) is 5.11. The van der Waals surface area contributed by atoms with Crippen LogP contribution in [-0.4, -0.2) is 43.9 Å². The number of rotatable bonds is 3. The highest BCUT2D eigenvalue weighted by Crippen LogP contribution is 2.46. The van der Waals surface area contributed by atoms with E-state index in [4.69, 9.17) is 0 Å². The number of carbonyl (C=O) groups excluding carboxylic acids is 1. The molecular formula is C13H6F6N2O5S. The number of hydrogen-bond donors (Lipinski definition) is 0. The van der Waals surface area contributed by atoms with Crippen LogP contribution in [0.4, 0.5) is 26.3 Å². The van der Waals surface area contributed by atoms with Gasteiger partial charge in [0, 0.05) is 11.8 Å². The first-order chi connectivity index (χ1) is 12.3. The number of aliphatic imine (C=N–C) groups is 1. The maximum Gasteiger partial charge on any atom is 0.573 e. The minimum absolute atomic E-state index is 0.0785. The highest BCUT2D eigenvalue weighted by atomic mass is 32.2. The van der Waals surface area contributed by atoms with Gasteiger partial charge in [-0.1, -0.05) is 0 Å². The summed E-state index contributed by atoms with van der Waals surface area (Å²) in [4.78, 5) is 17.1. The second-order valence-corrected chi connectivity index (χ2v) is 6.65. The van der Waals surface area contributed by atoms with Crippen molar-refractivity contribution >= 4 is 27.9 Å². The van der Waals surface area contributed by atoms with E-state index >= 15 is 0 Å². The van der Waals surface area contributed by atoms with Gasteiger partial charge in [0.05, 0.1) is 24.0 Å². The molecule has 0 aliphatic carbocycles. The van der Waals surface area contributed by atoms with E-state index in [1.807, 2.05) is 0 Å². The average molecular weight is 416 g/mol. The first-order valence-corrected chi connectivity index (χ1v) is 8.20. The molecule has 0 fully saturated rings. The van der Waals surface area contributed by atoms with Crippen LogP contribution in [0.1, 0.15) is 15.9 Å². The lowest BCUT2D eigenvalue weighted by atomic mass is 10.1. The molecule has 146 valence electrons. The van der Waals surface area contributed by atoms with Crippen molar-refractivity contribution in [1.29, 1.82) is 0 Å². The number of fused-ring (bicyclic) bond motifs is 3. The highest BCUT2D eigenvalue weighted by Gasteiger charge is 2.50. The third-order valence-electron chi connectivity index (χ3n) is 3.41. The Labute approximate surface area is 146 Å². The molecule has 0 spiro atoms. The lowest BCUT2D eigenvalue weighted by molar-refractivity contribution is -0.275. The maximum absolute atomic E-state index is 12.7. The summed E-state index contributed by atoms with van der Waals surface area (Å²) in [6, 6.07) is 1.46. The topological polar surface area (TPSA) is 85.3 Å². The fraction of sp³-hybridized carbons (Fsp3) is 0.231. The molecule has 0 radical (unpaired) electrons. The number of hydrogen-bond acceptors (Lipinski definition) is 6. The minimum atomic E-state index is -6.30. The van der Waals surface area contributed by atoms with Gasteiger partial charge in [-0.3, -0.25) is 9.79 Å². The molecule has 1 aromatic rings. The highest BCUT2D eigenvalue weighted by molar-refractivity contribution is 7.88. The van der Waals surface area contributed by atoms with E-state index in [2.05, 4.69) is 13.9 Å². The van der Waals surface area contributed by atoms with Gasteiger partial charge in [-0.15, -0.1) is 13.2 Å². The first kappa shape index (κ1) is 19.0. The van der Waals surface area contributed by atoms with Crippen molar-refractivity contribution in [3.05, 3.63) is 29.5 Å². The zero-order valence-electron chi connectivity index (χ0n) is 12.6. The number of alkyl halides is 6. The van der Waals surface area contributed by atoms with E-state index in [-0.39, 0.29) is 17.8 Å². The predicted molar refractivity (Wildman–Crippen MR) is 76.2 cm³/mol. The van der Waals surface area contributed by atoms with E-state index in [1.54, 1.807) is 0 Å². The molecule has 7 nitrogen and oxygen atoms in total. The van der Waals surface area contributed by atoms with Gasteiger partial charge in [0.2, 0.25) is 0 Å². The normalized spacial score (nSPS) is 16.7. The van der Waals surface area contributed by atoms with Crippen LogP contribution in [0.25, 0.3) is 5.70 Å². The zero-order chi connectivity index (χ0) is 20.2. The Morgan fingerprint density at radius 1 is 1.11 bits per heavy atom. The van der Waals surface area contributed by atoms with Crippen molar-refractivity contribution in [2.45, 2.75) is 11.9 Å². The Hall–Kier alpha value is -2.77. The number of halogens is 6. The summed E-state index contributed by atoms with van der Waals surface area (Å²) in [5.74, 6) is -3.97. The Kier molecular flexibility index (Phi) is 4.13. The molecule has 0 saturated carbocycles. The number of nitrogens with zero attached hydrogens (tertiary/aromatic N) is 2. The van der Waals surface area contributed by atoms with Crippen LogP contribution in [0.5, 0.6) is 11.5 Å². The van der Waals surface area contributed by atoms with Crippen LogP contribution in [0, 0.1) is 0 Å². The molecule has 0 unspecified atom stereocenters. The molecule has 3 rings (SSSR count). The van der Waals surface area contributed by atoms with Crippen molar-refractivity contribution in [2.75, 3.05) is 6.54 Å². The quantitative estimate of drug-likeness (QED) is 0.430. The van der Waals surface area contributed by atoms with E-state index in [9.17, 15) is 39.6 Å². The van der Waals surface area contributed by atoms with Crippen LogP contribution < -0.4 is 8.92 Å². The molecule has 0 atom stereocenters. The Balaban J connectivity index is 2.19. The summed E-state index contributed by atoms with van der Waals surface area (Å²) in [6.07, 6.45) is -3.02. The smallest absolute Gasteiger partial charge is 0.401 e. The molecule has 0 bridgehead atoms. The van der Waals surface area contributed by atoms with Crippen LogP contribution in [-0.2, 0) is 10.1 Å². The van der Waals surface area contributed by atoms with Crippen molar-refractivity contribution in [3.8, 4) is 11.5 Å². The molecule has 2 aliphatic rings. The summed E-state index contributed by atoms with van der Waals surface area (Å²) in [5.41, 5.74) is -6.75. The summed E-state index contributed by atoms with van der Waals surface area (Å²) >= 11 is 0. The summed E-state index contributed by atoms with van der Waals surface area (Å²) in [6.45, 7) is -0.109. The molecule has 0 saturated heterocycles. The zero-order valence-corrected chi connectivity index (χ0v) is 13.4. The van der Waals surface area contributed by atoms with Gasteiger partial charge in [-0.2, -0.15) is 21.6 Å².